The molecule has 1 unspecified atom stereocenters. The molecule has 108 valence electrons. The first-order chi connectivity index (χ1) is 8.92. The molecule has 0 aromatic carbocycles. The lowest BCUT2D eigenvalue weighted by molar-refractivity contribution is 0.311. The Labute approximate surface area is 114 Å². The first kappa shape index (κ1) is 15.4. The van der Waals surface area contributed by atoms with Crippen molar-refractivity contribution >= 4 is 11.9 Å². The molecule has 0 amide bonds. The molecule has 1 atom stereocenters. The molecule has 7 heteroatoms. The van der Waals surface area contributed by atoms with E-state index in [0.29, 0.717) is 18.5 Å². The zero-order chi connectivity index (χ0) is 14.4. The molecule has 19 heavy (non-hydrogen) atoms. The van der Waals surface area contributed by atoms with Crippen molar-refractivity contribution in [2.45, 2.75) is 26.8 Å². The summed E-state index contributed by atoms with van der Waals surface area (Å²) in [5.41, 5.74) is 5.65. The molecule has 0 aliphatic rings. The minimum Gasteiger partial charge on any atom is -0.464 e. The highest BCUT2D eigenvalue weighted by molar-refractivity contribution is 5.33. The lowest BCUT2D eigenvalue weighted by atomic mass is 10.0. The molecule has 0 aliphatic carbocycles. The maximum Gasteiger partial charge on any atom is 0.323 e. The van der Waals surface area contributed by atoms with Crippen LogP contribution in [0.4, 0.5) is 11.9 Å². The van der Waals surface area contributed by atoms with E-state index in [9.17, 15) is 0 Å². The van der Waals surface area contributed by atoms with Crippen LogP contribution in [0.25, 0.3) is 0 Å². The molecule has 3 N–H and O–H groups in total. The molecule has 0 saturated heterocycles. The Balaban J connectivity index is 2.83. The predicted molar refractivity (Wildman–Crippen MR) is 76.2 cm³/mol. The number of nitrogen functional groups attached to an aromatic ring is 1. The molecule has 1 aromatic rings. The zero-order valence-corrected chi connectivity index (χ0v) is 12.3. The van der Waals surface area contributed by atoms with Gasteiger partial charge in [0.15, 0.2) is 0 Å². The van der Waals surface area contributed by atoms with E-state index in [2.05, 4.69) is 39.0 Å². The van der Waals surface area contributed by atoms with Gasteiger partial charge in [-0.25, -0.2) is 0 Å². The van der Waals surface area contributed by atoms with Crippen molar-refractivity contribution in [1.29, 1.82) is 0 Å². The van der Waals surface area contributed by atoms with Crippen LogP contribution >= 0.6 is 0 Å². The van der Waals surface area contributed by atoms with E-state index < -0.39 is 0 Å². The van der Waals surface area contributed by atoms with Crippen molar-refractivity contribution < 1.29 is 4.74 Å². The number of aromatic nitrogens is 3. The molecule has 0 bridgehead atoms. The predicted octanol–water partition coefficient (Wildman–Crippen LogP) is 0.851. The number of likely N-dealkylation sites (N-methyl/N-ethyl adjacent to an activating group) is 1. The highest BCUT2D eigenvalue weighted by Gasteiger charge is 2.16. The lowest BCUT2D eigenvalue weighted by Gasteiger charge is -2.25. The third-order valence-corrected chi connectivity index (χ3v) is 2.59. The van der Waals surface area contributed by atoms with Crippen molar-refractivity contribution in [1.82, 2.24) is 19.9 Å². The summed E-state index contributed by atoms with van der Waals surface area (Å²) in [5.74, 6) is 1.06. The normalized spacial score (nSPS) is 12.8. The quantitative estimate of drug-likeness (QED) is 0.757. The van der Waals surface area contributed by atoms with Gasteiger partial charge in [-0.1, -0.05) is 13.8 Å². The van der Waals surface area contributed by atoms with Crippen molar-refractivity contribution in [2.75, 3.05) is 38.3 Å². The molecule has 1 aromatic heterocycles. The number of anilines is 2. The first-order valence-corrected chi connectivity index (χ1v) is 6.48. The van der Waals surface area contributed by atoms with Gasteiger partial charge in [0.1, 0.15) is 0 Å². The number of nitrogens with zero attached hydrogens (tertiary/aromatic N) is 4. The Morgan fingerprint density at radius 1 is 1.26 bits per heavy atom. The standard InChI is InChI=1S/C12H24N6O/c1-6-19-12-16-10(13)15-11(17-12)14-9(8(2)3)7-18(4)5/h8-9H,6-7H2,1-5H3,(H3,13,14,15,16,17). The zero-order valence-electron chi connectivity index (χ0n) is 12.3. The van der Waals surface area contributed by atoms with Gasteiger partial charge < -0.3 is 20.7 Å². The fourth-order valence-corrected chi connectivity index (χ4v) is 1.61. The van der Waals surface area contributed by atoms with Gasteiger partial charge in [0.25, 0.3) is 0 Å². The number of ether oxygens (including phenoxy) is 1. The van der Waals surface area contributed by atoms with Gasteiger partial charge >= 0.3 is 6.01 Å². The Morgan fingerprint density at radius 3 is 2.47 bits per heavy atom. The summed E-state index contributed by atoms with van der Waals surface area (Å²) in [6.45, 7) is 7.54. The summed E-state index contributed by atoms with van der Waals surface area (Å²) in [4.78, 5) is 14.3. The van der Waals surface area contributed by atoms with E-state index in [1.165, 1.54) is 0 Å². The van der Waals surface area contributed by atoms with Crippen LogP contribution in [0.1, 0.15) is 20.8 Å². The van der Waals surface area contributed by atoms with Crippen molar-refractivity contribution in [2.24, 2.45) is 5.92 Å². The number of nitrogens with two attached hydrogens (primary N) is 1. The Kier molecular flexibility index (Phi) is 5.75. The van der Waals surface area contributed by atoms with Gasteiger partial charge in [-0.15, -0.1) is 0 Å². The fraction of sp³-hybridized carbons (Fsp3) is 0.750. The topological polar surface area (TPSA) is 89.2 Å². The summed E-state index contributed by atoms with van der Waals surface area (Å²) in [6.07, 6.45) is 0. The second-order valence-corrected chi connectivity index (χ2v) is 4.99. The van der Waals surface area contributed by atoms with Crippen LogP contribution in [0.15, 0.2) is 0 Å². The average Bonchev–Trinajstić information content (AvgIpc) is 2.27. The largest absolute Gasteiger partial charge is 0.464 e. The average molecular weight is 268 g/mol. The van der Waals surface area contributed by atoms with Crippen molar-refractivity contribution in [3.05, 3.63) is 0 Å². The Hall–Kier alpha value is -1.63. The third-order valence-electron chi connectivity index (χ3n) is 2.59. The van der Waals surface area contributed by atoms with Crippen molar-refractivity contribution in [3.63, 3.8) is 0 Å². The van der Waals surface area contributed by atoms with Gasteiger partial charge in [-0.2, -0.15) is 15.0 Å². The van der Waals surface area contributed by atoms with Gasteiger partial charge in [0, 0.05) is 12.6 Å². The molecule has 0 spiro atoms. The molecule has 1 rings (SSSR count). The molecule has 0 fully saturated rings. The summed E-state index contributed by atoms with van der Waals surface area (Å²) in [7, 11) is 4.06. The number of rotatable bonds is 7. The van der Waals surface area contributed by atoms with Crippen LogP contribution in [0.3, 0.4) is 0 Å². The van der Waals surface area contributed by atoms with E-state index >= 15 is 0 Å². The van der Waals surface area contributed by atoms with E-state index in [-0.39, 0.29) is 18.0 Å². The summed E-state index contributed by atoms with van der Waals surface area (Å²) < 4.78 is 5.26. The molecule has 0 radical (unpaired) electrons. The Morgan fingerprint density at radius 2 is 1.95 bits per heavy atom. The molecule has 7 nitrogen and oxygen atoms in total. The van der Waals surface area contributed by atoms with E-state index in [4.69, 9.17) is 10.5 Å². The van der Waals surface area contributed by atoms with Crippen LogP contribution in [-0.4, -0.2) is 53.1 Å². The van der Waals surface area contributed by atoms with Gasteiger partial charge in [0.2, 0.25) is 11.9 Å². The number of nitrogens with one attached hydrogen (secondary N) is 1. The molecule has 0 saturated carbocycles. The van der Waals surface area contributed by atoms with Gasteiger partial charge in [-0.05, 0) is 26.9 Å². The molecular weight excluding hydrogens is 244 g/mol. The van der Waals surface area contributed by atoms with E-state index in [0.717, 1.165) is 6.54 Å². The van der Waals surface area contributed by atoms with Crippen LogP contribution in [0.5, 0.6) is 6.01 Å². The highest BCUT2D eigenvalue weighted by atomic mass is 16.5. The van der Waals surface area contributed by atoms with Gasteiger partial charge in [0.05, 0.1) is 6.61 Å². The summed E-state index contributed by atoms with van der Waals surface area (Å²) >= 11 is 0. The summed E-state index contributed by atoms with van der Waals surface area (Å²) in [6, 6.07) is 0.483. The van der Waals surface area contributed by atoms with E-state index in [1.54, 1.807) is 0 Å². The second kappa shape index (κ2) is 7.08. The fourth-order valence-electron chi connectivity index (χ4n) is 1.61. The van der Waals surface area contributed by atoms with Crippen LogP contribution in [-0.2, 0) is 0 Å². The monoisotopic (exact) mass is 268 g/mol. The van der Waals surface area contributed by atoms with E-state index in [1.807, 2.05) is 21.0 Å². The molecule has 0 aliphatic heterocycles. The maximum atomic E-state index is 5.65. The second-order valence-electron chi connectivity index (χ2n) is 4.99. The highest BCUT2D eigenvalue weighted by Crippen LogP contribution is 2.13. The molecular formula is C12H24N6O. The smallest absolute Gasteiger partial charge is 0.323 e. The third kappa shape index (κ3) is 5.25. The summed E-state index contributed by atoms with van der Waals surface area (Å²) in [5, 5.41) is 3.29. The lowest BCUT2D eigenvalue weighted by Crippen LogP contribution is -2.37. The number of hydrogen-bond acceptors (Lipinski definition) is 7. The van der Waals surface area contributed by atoms with Crippen LogP contribution < -0.4 is 15.8 Å². The minimum atomic E-state index is 0.160. The van der Waals surface area contributed by atoms with Crippen molar-refractivity contribution in [3.8, 4) is 6.01 Å². The first-order valence-electron chi connectivity index (χ1n) is 6.48. The Bertz CT molecular complexity index is 396. The number of hydrogen-bond donors (Lipinski definition) is 2. The van der Waals surface area contributed by atoms with Gasteiger partial charge in [-0.3, -0.25) is 0 Å². The van der Waals surface area contributed by atoms with Crippen LogP contribution in [0.2, 0.25) is 0 Å². The molecule has 1 heterocycles. The minimum absolute atomic E-state index is 0.160. The SMILES string of the molecule is CCOc1nc(N)nc(NC(CN(C)C)C(C)C)n1. The van der Waals surface area contributed by atoms with Crippen LogP contribution in [0, 0.1) is 5.92 Å². The maximum absolute atomic E-state index is 5.65.